The highest BCUT2D eigenvalue weighted by Gasteiger charge is 2.22. The van der Waals surface area contributed by atoms with Crippen molar-refractivity contribution in [2.24, 2.45) is 11.8 Å². The van der Waals surface area contributed by atoms with Crippen LogP contribution in [0.25, 0.3) is 0 Å². The highest BCUT2D eigenvalue weighted by Crippen LogP contribution is 2.16. The number of rotatable bonds is 4. The van der Waals surface area contributed by atoms with Crippen LogP contribution < -0.4 is 5.32 Å². The van der Waals surface area contributed by atoms with Crippen molar-refractivity contribution >= 4 is 17.9 Å². The zero-order chi connectivity index (χ0) is 14.4. The molecule has 1 fully saturated rings. The summed E-state index contributed by atoms with van der Waals surface area (Å²) >= 11 is 0. The van der Waals surface area contributed by atoms with E-state index in [1.54, 1.807) is 11.8 Å². The minimum absolute atomic E-state index is 0.0578. The number of carboxylic acid groups (broad SMARTS) is 1. The minimum Gasteiger partial charge on any atom is -0.481 e. The quantitative estimate of drug-likeness (QED) is 0.809. The lowest BCUT2D eigenvalue weighted by atomic mass is 9.99. The summed E-state index contributed by atoms with van der Waals surface area (Å²) in [6, 6.07) is -0.362. The molecule has 1 aliphatic heterocycles. The second kappa shape index (κ2) is 7.11. The maximum absolute atomic E-state index is 11.8. The molecule has 1 saturated heterocycles. The standard InChI is InChI=1S/C13H22N2O4/c1-9-3-5-15(6-4-9)13(19)14-11(16)7-10(2)8-12(17)18/h9-10H,3-8H2,1-2H3,(H,17,18)(H,14,16,19). The van der Waals surface area contributed by atoms with Gasteiger partial charge >= 0.3 is 12.0 Å². The summed E-state index contributed by atoms with van der Waals surface area (Å²) in [6.07, 6.45) is 1.90. The van der Waals surface area contributed by atoms with Gasteiger partial charge in [-0.2, -0.15) is 0 Å². The predicted octanol–water partition coefficient (Wildman–Crippen LogP) is 1.46. The minimum atomic E-state index is -0.934. The predicted molar refractivity (Wildman–Crippen MR) is 69.5 cm³/mol. The van der Waals surface area contributed by atoms with Crippen molar-refractivity contribution in [3.63, 3.8) is 0 Å². The molecule has 6 nitrogen and oxygen atoms in total. The van der Waals surface area contributed by atoms with E-state index in [0.717, 1.165) is 12.8 Å². The molecule has 19 heavy (non-hydrogen) atoms. The summed E-state index contributed by atoms with van der Waals surface area (Å²) < 4.78 is 0. The molecule has 1 rings (SSSR count). The molecule has 2 N–H and O–H groups in total. The summed E-state index contributed by atoms with van der Waals surface area (Å²) in [7, 11) is 0. The number of urea groups is 1. The summed E-state index contributed by atoms with van der Waals surface area (Å²) in [5.41, 5.74) is 0. The number of imide groups is 1. The highest BCUT2D eigenvalue weighted by atomic mass is 16.4. The highest BCUT2D eigenvalue weighted by molar-refractivity contribution is 5.94. The molecule has 0 radical (unpaired) electrons. The van der Waals surface area contributed by atoms with Crippen LogP contribution >= 0.6 is 0 Å². The maximum atomic E-state index is 11.8. The number of carboxylic acids is 1. The number of carbonyl (C=O) groups excluding carboxylic acids is 2. The lowest BCUT2D eigenvalue weighted by Gasteiger charge is -2.30. The first-order valence-electron chi connectivity index (χ1n) is 6.69. The van der Waals surface area contributed by atoms with Gasteiger partial charge in [0.1, 0.15) is 0 Å². The van der Waals surface area contributed by atoms with E-state index in [2.05, 4.69) is 12.2 Å². The van der Waals surface area contributed by atoms with Crippen LogP contribution in [-0.2, 0) is 9.59 Å². The fourth-order valence-electron chi connectivity index (χ4n) is 2.15. The average Bonchev–Trinajstić information content (AvgIpc) is 2.27. The third-order valence-electron chi connectivity index (χ3n) is 3.37. The van der Waals surface area contributed by atoms with E-state index in [0.29, 0.717) is 19.0 Å². The lowest BCUT2D eigenvalue weighted by molar-refractivity contribution is -0.138. The molecule has 0 aromatic heterocycles. The Balaban J connectivity index is 2.31. The van der Waals surface area contributed by atoms with Crippen molar-refractivity contribution in [1.82, 2.24) is 10.2 Å². The Labute approximate surface area is 113 Å². The van der Waals surface area contributed by atoms with Crippen molar-refractivity contribution in [3.05, 3.63) is 0 Å². The Morgan fingerprint density at radius 1 is 1.26 bits per heavy atom. The molecule has 0 bridgehead atoms. The Hall–Kier alpha value is -1.59. The number of hydrogen-bond donors (Lipinski definition) is 2. The first-order chi connectivity index (χ1) is 8.88. The molecular formula is C13H22N2O4. The smallest absolute Gasteiger partial charge is 0.324 e. The van der Waals surface area contributed by atoms with Gasteiger partial charge < -0.3 is 10.0 Å². The van der Waals surface area contributed by atoms with Gasteiger partial charge in [-0.15, -0.1) is 0 Å². The fourth-order valence-corrected chi connectivity index (χ4v) is 2.15. The lowest BCUT2D eigenvalue weighted by Crippen LogP contribution is -2.46. The van der Waals surface area contributed by atoms with Crippen molar-refractivity contribution in [1.29, 1.82) is 0 Å². The second-order valence-electron chi connectivity index (χ2n) is 5.43. The van der Waals surface area contributed by atoms with E-state index < -0.39 is 11.9 Å². The van der Waals surface area contributed by atoms with Crippen LogP contribution in [0.15, 0.2) is 0 Å². The first-order valence-corrected chi connectivity index (χ1v) is 6.69. The molecular weight excluding hydrogens is 248 g/mol. The molecule has 0 spiro atoms. The van der Waals surface area contributed by atoms with Crippen LogP contribution in [0.1, 0.15) is 39.5 Å². The zero-order valence-corrected chi connectivity index (χ0v) is 11.5. The number of aliphatic carboxylic acids is 1. The number of hydrogen-bond acceptors (Lipinski definition) is 3. The number of nitrogens with one attached hydrogen (secondary N) is 1. The van der Waals surface area contributed by atoms with Gasteiger partial charge in [0.05, 0.1) is 0 Å². The molecule has 108 valence electrons. The zero-order valence-electron chi connectivity index (χ0n) is 11.5. The number of piperidine rings is 1. The molecule has 6 heteroatoms. The van der Waals surface area contributed by atoms with E-state index in [4.69, 9.17) is 5.11 Å². The SMILES string of the molecule is CC1CCN(C(=O)NC(=O)CC(C)CC(=O)O)CC1. The van der Waals surface area contributed by atoms with Crippen LogP contribution in [0.3, 0.4) is 0 Å². The van der Waals surface area contributed by atoms with Crippen LogP contribution in [0.4, 0.5) is 4.79 Å². The van der Waals surface area contributed by atoms with E-state index in [-0.39, 0.29) is 24.8 Å². The van der Waals surface area contributed by atoms with Crippen LogP contribution in [0.2, 0.25) is 0 Å². The Morgan fingerprint density at radius 3 is 2.37 bits per heavy atom. The van der Waals surface area contributed by atoms with Gasteiger partial charge in [0.25, 0.3) is 0 Å². The summed E-state index contributed by atoms with van der Waals surface area (Å²) in [6.45, 7) is 5.17. The molecule has 1 unspecified atom stereocenters. The first kappa shape index (κ1) is 15.5. The average molecular weight is 270 g/mol. The van der Waals surface area contributed by atoms with Gasteiger partial charge in [0.15, 0.2) is 0 Å². The number of amides is 3. The molecule has 1 heterocycles. The summed E-state index contributed by atoms with van der Waals surface area (Å²) in [5.74, 6) is -0.990. The molecule has 0 aliphatic carbocycles. The summed E-state index contributed by atoms with van der Waals surface area (Å²) in [5, 5.41) is 10.9. The van der Waals surface area contributed by atoms with Crippen molar-refractivity contribution in [2.45, 2.75) is 39.5 Å². The monoisotopic (exact) mass is 270 g/mol. The van der Waals surface area contributed by atoms with E-state index in [1.165, 1.54) is 0 Å². The normalized spacial score (nSPS) is 17.9. The second-order valence-corrected chi connectivity index (χ2v) is 5.43. The van der Waals surface area contributed by atoms with Crippen LogP contribution in [0.5, 0.6) is 0 Å². The van der Waals surface area contributed by atoms with Gasteiger partial charge in [0, 0.05) is 25.9 Å². The van der Waals surface area contributed by atoms with Gasteiger partial charge in [0.2, 0.25) is 5.91 Å². The van der Waals surface area contributed by atoms with Crippen molar-refractivity contribution < 1.29 is 19.5 Å². The van der Waals surface area contributed by atoms with Gasteiger partial charge in [-0.05, 0) is 24.7 Å². The molecule has 0 aromatic rings. The molecule has 3 amide bonds. The van der Waals surface area contributed by atoms with Gasteiger partial charge in [-0.3, -0.25) is 14.9 Å². The summed E-state index contributed by atoms with van der Waals surface area (Å²) in [4.78, 5) is 35.5. The third-order valence-corrected chi connectivity index (χ3v) is 3.37. The largest absolute Gasteiger partial charge is 0.481 e. The van der Waals surface area contributed by atoms with Crippen LogP contribution in [0, 0.1) is 11.8 Å². The van der Waals surface area contributed by atoms with Crippen molar-refractivity contribution in [2.75, 3.05) is 13.1 Å². The van der Waals surface area contributed by atoms with E-state index in [1.807, 2.05) is 0 Å². The maximum Gasteiger partial charge on any atom is 0.324 e. The Kier molecular flexibility index (Phi) is 5.79. The van der Waals surface area contributed by atoms with E-state index >= 15 is 0 Å². The third kappa shape index (κ3) is 5.72. The molecule has 0 aromatic carbocycles. The topological polar surface area (TPSA) is 86.7 Å². The van der Waals surface area contributed by atoms with Gasteiger partial charge in [-0.25, -0.2) is 4.79 Å². The van der Waals surface area contributed by atoms with E-state index in [9.17, 15) is 14.4 Å². The fraction of sp³-hybridized carbons (Fsp3) is 0.769. The van der Waals surface area contributed by atoms with Crippen LogP contribution in [-0.4, -0.2) is 41.0 Å². The number of nitrogens with zero attached hydrogens (tertiary/aromatic N) is 1. The Bertz CT molecular complexity index is 349. The van der Waals surface area contributed by atoms with Gasteiger partial charge in [-0.1, -0.05) is 13.8 Å². The number of carbonyl (C=O) groups is 3. The molecule has 1 aliphatic rings. The molecule has 1 atom stereocenters. The Morgan fingerprint density at radius 2 is 1.84 bits per heavy atom. The van der Waals surface area contributed by atoms with Crippen molar-refractivity contribution in [3.8, 4) is 0 Å². The molecule has 0 saturated carbocycles. The number of likely N-dealkylation sites (tertiary alicyclic amines) is 1.